The summed E-state index contributed by atoms with van der Waals surface area (Å²) in [5, 5.41) is 4.73. The van der Waals surface area contributed by atoms with Crippen LogP contribution in [0.1, 0.15) is 50.9 Å². The molecule has 1 amide bonds. The molecule has 0 radical (unpaired) electrons. The first-order chi connectivity index (χ1) is 11.3. The van der Waals surface area contributed by atoms with Crippen LogP contribution in [-0.2, 0) is 22.3 Å². The van der Waals surface area contributed by atoms with Gasteiger partial charge in [0.15, 0.2) is 0 Å². The second-order valence-electron chi connectivity index (χ2n) is 7.47. The summed E-state index contributed by atoms with van der Waals surface area (Å²) in [6, 6.07) is 0.395. The molecule has 7 heteroatoms. The molecule has 1 aromatic heterocycles. The van der Waals surface area contributed by atoms with Crippen molar-refractivity contribution >= 4 is 22.0 Å². The van der Waals surface area contributed by atoms with Crippen molar-refractivity contribution in [2.75, 3.05) is 26.3 Å². The lowest BCUT2D eigenvalue weighted by Crippen LogP contribution is -2.38. The molecule has 0 spiro atoms. The highest BCUT2D eigenvalue weighted by atomic mass is 79.9. The lowest BCUT2D eigenvalue weighted by atomic mass is 10.1. The second kappa shape index (κ2) is 7.04. The third-order valence-electron chi connectivity index (χ3n) is 4.51. The quantitative estimate of drug-likeness (QED) is 0.726. The molecule has 6 nitrogen and oxygen atoms in total. The highest BCUT2D eigenvalue weighted by molar-refractivity contribution is 9.10. The molecular weight excluding hydrogens is 374 g/mol. The maximum atomic E-state index is 12.4. The van der Waals surface area contributed by atoms with E-state index in [9.17, 15) is 4.79 Å². The van der Waals surface area contributed by atoms with E-state index < -0.39 is 5.60 Å². The van der Waals surface area contributed by atoms with Crippen LogP contribution in [0.2, 0.25) is 0 Å². The summed E-state index contributed by atoms with van der Waals surface area (Å²) < 4.78 is 14.1. The smallest absolute Gasteiger partial charge is 0.410 e. The lowest BCUT2D eigenvalue weighted by Gasteiger charge is -2.27. The van der Waals surface area contributed by atoms with Gasteiger partial charge < -0.3 is 14.4 Å². The number of halogens is 1. The van der Waals surface area contributed by atoms with E-state index in [0.717, 1.165) is 43.5 Å². The minimum atomic E-state index is -0.463. The molecule has 1 saturated heterocycles. The van der Waals surface area contributed by atoms with E-state index in [-0.39, 0.29) is 6.09 Å². The van der Waals surface area contributed by atoms with Crippen molar-refractivity contribution < 1.29 is 14.3 Å². The summed E-state index contributed by atoms with van der Waals surface area (Å²) in [7, 11) is 0. The van der Waals surface area contributed by atoms with Crippen LogP contribution in [-0.4, -0.2) is 52.7 Å². The monoisotopic (exact) mass is 399 g/mol. The predicted octanol–water partition coefficient (Wildman–Crippen LogP) is 3.33. The Balaban J connectivity index is 1.75. The zero-order valence-corrected chi connectivity index (χ0v) is 16.3. The van der Waals surface area contributed by atoms with Gasteiger partial charge in [-0.1, -0.05) is 0 Å². The predicted molar refractivity (Wildman–Crippen MR) is 94.2 cm³/mol. The standard InChI is InChI=1S/C17H26BrN3O3/c1-17(2,3)24-16(22)20-8-4-13-14(5-9-20)21(19-15(13)18)12-6-10-23-11-7-12/h12H,4-11H2,1-3H3. The molecule has 0 unspecified atom stereocenters. The molecule has 0 atom stereocenters. The van der Waals surface area contributed by atoms with Crippen LogP contribution >= 0.6 is 15.9 Å². The van der Waals surface area contributed by atoms with Crippen LogP contribution in [0, 0.1) is 0 Å². The number of nitrogens with zero attached hydrogens (tertiary/aromatic N) is 3. The summed E-state index contributed by atoms with van der Waals surface area (Å²) >= 11 is 3.61. The van der Waals surface area contributed by atoms with Crippen LogP contribution in [0.25, 0.3) is 0 Å². The van der Waals surface area contributed by atoms with Crippen LogP contribution < -0.4 is 0 Å². The van der Waals surface area contributed by atoms with Gasteiger partial charge in [-0.15, -0.1) is 0 Å². The van der Waals surface area contributed by atoms with E-state index in [1.807, 2.05) is 25.7 Å². The Bertz CT molecular complexity index is 603. The van der Waals surface area contributed by atoms with Crippen LogP contribution in [0.3, 0.4) is 0 Å². The second-order valence-corrected chi connectivity index (χ2v) is 8.22. The Kier molecular flexibility index (Phi) is 5.20. The molecule has 2 aliphatic heterocycles. The van der Waals surface area contributed by atoms with Crippen molar-refractivity contribution in [3.63, 3.8) is 0 Å². The van der Waals surface area contributed by atoms with Crippen molar-refractivity contribution in [1.29, 1.82) is 0 Å². The van der Waals surface area contributed by atoms with E-state index in [0.29, 0.717) is 19.1 Å². The number of fused-ring (bicyclic) bond motifs is 1. The van der Waals surface area contributed by atoms with Gasteiger partial charge in [-0.2, -0.15) is 5.10 Å². The Morgan fingerprint density at radius 2 is 1.92 bits per heavy atom. The molecular formula is C17H26BrN3O3. The number of ether oxygens (including phenoxy) is 2. The van der Waals surface area contributed by atoms with Crippen LogP contribution in [0.4, 0.5) is 4.79 Å². The Morgan fingerprint density at radius 1 is 1.25 bits per heavy atom. The molecule has 1 fully saturated rings. The first-order valence-electron chi connectivity index (χ1n) is 8.66. The topological polar surface area (TPSA) is 56.6 Å². The van der Waals surface area contributed by atoms with E-state index in [4.69, 9.17) is 14.6 Å². The van der Waals surface area contributed by atoms with Crippen LogP contribution in [0.5, 0.6) is 0 Å². The first-order valence-corrected chi connectivity index (χ1v) is 9.46. The normalized spacial score (nSPS) is 19.8. The third kappa shape index (κ3) is 3.94. The van der Waals surface area contributed by atoms with Crippen molar-refractivity contribution in [1.82, 2.24) is 14.7 Å². The number of carbonyl (C=O) groups is 1. The third-order valence-corrected chi connectivity index (χ3v) is 5.15. The Morgan fingerprint density at radius 3 is 2.58 bits per heavy atom. The van der Waals surface area contributed by atoms with E-state index in [1.165, 1.54) is 11.3 Å². The van der Waals surface area contributed by atoms with E-state index in [2.05, 4.69) is 20.6 Å². The maximum absolute atomic E-state index is 12.4. The fourth-order valence-corrected chi connectivity index (χ4v) is 3.92. The van der Waals surface area contributed by atoms with Gasteiger partial charge in [0, 0.05) is 44.0 Å². The molecule has 0 N–H and O–H groups in total. The van der Waals surface area contributed by atoms with Gasteiger partial charge >= 0.3 is 6.09 Å². The van der Waals surface area contributed by atoms with Gasteiger partial charge in [0.2, 0.25) is 0 Å². The molecule has 3 rings (SSSR count). The number of amides is 1. The highest BCUT2D eigenvalue weighted by Crippen LogP contribution is 2.30. The molecule has 0 bridgehead atoms. The Hall–Kier alpha value is -1.08. The molecule has 2 aliphatic rings. The average Bonchev–Trinajstić information content (AvgIpc) is 2.70. The summed E-state index contributed by atoms with van der Waals surface area (Å²) in [6.07, 6.45) is 3.38. The van der Waals surface area contributed by atoms with E-state index >= 15 is 0 Å². The number of rotatable bonds is 1. The SMILES string of the molecule is CC(C)(C)OC(=O)N1CCc2c(Br)nn(C3CCOCC3)c2CC1. The molecule has 0 aliphatic carbocycles. The minimum Gasteiger partial charge on any atom is -0.444 e. The first kappa shape index (κ1) is 17.7. The number of hydrogen-bond acceptors (Lipinski definition) is 4. The van der Waals surface area contributed by atoms with Crippen molar-refractivity contribution in [2.24, 2.45) is 0 Å². The van der Waals surface area contributed by atoms with Gasteiger partial charge in [-0.05, 0) is 56.0 Å². The van der Waals surface area contributed by atoms with Crippen molar-refractivity contribution in [2.45, 2.75) is 58.1 Å². The largest absolute Gasteiger partial charge is 0.444 e. The number of aromatic nitrogens is 2. The summed E-state index contributed by atoms with van der Waals surface area (Å²) in [6.45, 7) is 8.62. The molecule has 134 valence electrons. The number of carbonyl (C=O) groups excluding carboxylic acids is 1. The fourth-order valence-electron chi connectivity index (χ4n) is 3.33. The minimum absolute atomic E-state index is 0.227. The fraction of sp³-hybridized carbons (Fsp3) is 0.765. The average molecular weight is 400 g/mol. The Labute approximate surface area is 151 Å². The molecule has 0 aromatic carbocycles. The maximum Gasteiger partial charge on any atom is 0.410 e. The summed E-state index contributed by atoms with van der Waals surface area (Å²) in [5.74, 6) is 0. The zero-order valence-electron chi connectivity index (χ0n) is 14.7. The molecule has 0 saturated carbocycles. The summed E-state index contributed by atoms with van der Waals surface area (Å²) in [5.41, 5.74) is 2.02. The van der Waals surface area contributed by atoms with E-state index in [1.54, 1.807) is 0 Å². The summed E-state index contributed by atoms with van der Waals surface area (Å²) in [4.78, 5) is 14.2. The molecule has 1 aromatic rings. The van der Waals surface area contributed by atoms with Crippen molar-refractivity contribution in [3.8, 4) is 0 Å². The highest BCUT2D eigenvalue weighted by Gasteiger charge is 2.29. The van der Waals surface area contributed by atoms with Gasteiger partial charge in [-0.25, -0.2) is 4.79 Å². The van der Waals surface area contributed by atoms with Gasteiger partial charge in [-0.3, -0.25) is 4.68 Å². The van der Waals surface area contributed by atoms with Gasteiger partial charge in [0.05, 0.1) is 6.04 Å². The van der Waals surface area contributed by atoms with Crippen molar-refractivity contribution in [3.05, 3.63) is 15.9 Å². The van der Waals surface area contributed by atoms with Crippen LogP contribution in [0.15, 0.2) is 4.60 Å². The van der Waals surface area contributed by atoms with Gasteiger partial charge in [0.1, 0.15) is 10.2 Å². The molecule has 24 heavy (non-hydrogen) atoms. The van der Waals surface area contributed by atoms with Gasteiger partial charge in [0.25, 0.3) is 0 Å². The number of hydrogen-bond donors (Lipinski definition) is 0. The molecule has 3 heterocycles. The lowest BCUT2D eigenvalue weighted by molar-refractivity contribution is 0.0257. The zero-order chi connectivity index (χ0) is 17.3.